The number of para-hydroxylation sites is 1. The number of benzene rings is 1. The van der Waals surface area contributed by atoms with Gasteiger partial charge in [0.1, 0.15) is 11.6 Å². The van der Waals surface area contributed by atoms with Crippen LogP contribution < -0.4 is 15.8 Å². The van der Waals surface area contributed by atoms with Crippen molar-refractivity contribution < 1.29 is 4.79 Å². The summed E-state index contributed by atoms with van der Waals surface area (Å²) in [5.41, 5.74) is 1.00. The van der Waals surface area contributed by atoms with Gasteiger partial charge in [-0.15, -0.1) is 11.8 Å². The molecule has 26 heavy (non-hydrogen) atoms. The summed E-state index contributed by atoms with van der Waals surface area (Å²) in [6.45, 7) is 2.33. The summed E-state index contributed by atoms with van der Waals surface area (Å²) in [5.74, 6) is -0.104. The predicted octanol–water partition coefficient (Wildman–Crippen LogP) is 2.22. The van der Waals surface area contributed by atoms with Gasteiger partial charge >= 0.3 is 0 Å². The number of hydrogen-bond acceptors (Lipinski definition) is 5. The second-order valence-electron chi connectivity index (χ2n) is 6.22. The summed E-state index contributed by atoms with van der Waals surface area (Å²) in [4.78, 5) is 29.4. The van der Waals surface area contributed by atoms with Gasteiger partial charge in [-0.1, -0.05) is 18.2 Å². The van der Waals surface area contributed by atoms with Gasteiger partial charge in [-0.05, 0) is 36.8 Å². The Morgan fingerprint density at radius 1 is 1.42 bits per heavy atom. The van der Waals surface area contributed by atoms with Crippen LogP contribution in [-0.2, 0) is 0 Å². The van der Waals surface area contributed by atoms with Gasteiger partial charge in [-0.2, -0.15) is 5.26 Å². The standard InChI is InChI=1S/C19H20N4O2S/c1-26-19-14(10-20)9-16(18(25)22-19)17(24)21-11-13-7-8-23(12-13)15-5-3-2-4-6-15/h2-6,9,13H,7-8,11-12H2,1H3,(H,21,24)(H,22,25)/t13-/m0/s1. The minimum atomic E-state index is -0.469. The molecule has 2 heterocycles. The molecule has 1 fully saturated rings. The lowest BCUT2D eigenvalue weighted by Gasteiger charge is -2.18. The number of pyridine rings is 1. The van der Waals surface area contributed by atoms with Crippen molar-refractivity contribution in [2.75, 3.05) is 30.8 Å². The maximum atomic E-state index is 12.4. The molecule has 6 nitrogen and oxygen atoms in total. The quantitative estimate of drug-likeness (QED) is 0.790. The second-order valence-corrected chi connectivity index (χ2v) is 7.03. The molecule has 1 aromatic heterocycles. The van der Waals surface area contributed by atoms with E-state index in [0.29, 0.717) is 23.1 Å². The van der Waals surface area contributed by atoms with Crippen molar-refractivity contribution in [3.05, 3.63) is 57.9 Å². The Morgan fingerprint density at radius 3 is 2.88 bits per heavy atom. The molecule has 0 bridgehead atoms. The number of aromatic amines is 1. The molecule has 2 N–H and O–H groups in total. The first-order valence-corrected chi connectivity index (χ1v) is 9.64. The van der Waals surface area contributed by atoms with Gasteiger partial charge in [0.05, 0.1) is 10.6 Å². The number of rotatable bonds is 5. The zero-order valence-corrected chi connectivity index (χ0v) is 15.3. The van der Waals surface area contributed by atoms with Gasteiger partial charge in [0, 0.05) is 25.3 Å². The van der Waals surface area contributed by atoms with Crippen LogP contribution >= 0.6 is 11.8 Å². The number of aromatic nitrogens is 1. The monoisotopic (exact) mass is 368 g/mol. The van der Waals surface area contributed by atoms with Crippen molar-refractivity contribution in [2.45, 2.75) is 11.4 Å². The maximum Gasteiger partial charge on any atom is 0.261 e. The van der Waals surface area contributed by atoms with Gasteiger partial charge in [0.2, 0.25) is 0 Å². The molecule has 0 radical (unpaired) electrons. The Morgan fingerprint density at radius 2 is 2.19 bits per heavy atom. The molecule has 134 valence electrons. The van der Waals surface area contributed by atoms with Crippen molar-refractivity contribution in [1.82, 2.24) is 10.3 Å². The molecule has 1 atom stereocenters. The fraction of sp³-hybridized carbons (Fsp3) is 0.316. The van der Waals surface area contributed by atoms with Crippen LogP contribution in [0.1, 0.15) is 22.3 Å². The number of thioether (sulfide) groups is 1. The summed E-state index contributed by atoms with van der Waals surface area (Å²) < 4.78 is 0. The highest BCUT2D eigenvalue weighted by molar-refractivity contribution is 7.98. The van der Waals surface area contributed by atoms with E-state index in [-0.39, 0.29) is 5.56 Å². The van der Waals surface area contributed by atoms with E-state index < -0.39 is 11.5 Å². The summed E-state index contributed by atoms with van der Waals surface area (Å²) >= 11 is 1.27. The van der Waals surface area contributed by atoms with E-state index in [1.807, 2.05) is 24.3 Å². The maximum absolute atomic E-state index is 12.4. The average molecular weight is 368 g/mol. The van der Waals surface area contributed by atoms with Crippen LogP contribution in [0.2, 0.25) is 0 Å². The SMILES string of the molecule is CSc1[nH]c(=O)c(C(=O)NC[C@@H]2CCN(c3ccccc3)C2)cc1C#N. The third-order valence-electron chi connectivity index (χ3n) is 4.53. The Kier molecular flexibility index (Phi) is 5.64. The Hall–Kier alpha value is -2.72. The van der Waals surface area contributed by atoms with Crippen molar-refractivity contribution in [3.8, 4) is 6.07 Å². The molecule has 1 saturated heterocycles. The minimum absolute atomic E-state index is 0.0164. The Bertz CT molecular complexity index is 889. The third-order valence-corrected chi connectivity index (χ3v) is 5.26. The zero-order valence-electron chi connectivity index (χ0n) is 14.5. The molecular formula is C19H20N4O2S. The van der Waals surface area contributed by atoms with E-state index in [4.69, 9.17) is 5.26 Å². The van der Waals surface area contributed by atoms with Crippen LogP contribution in [0.4, 0.5) is 5.69 Å². The lowest BCUT2D eigenvalue weighted by molar-refractivity contribution is 0.0946. The van der Waals surface area contributed by atoms with Gasteiger partial charge in [0.25, 0.3) is 11.5 Å². The van der Waals surface area contributed by atoms with E-state index in [1.165, 1.54) is 23.5 Å². The molecule has 2 aromatic rings. The predicted molar refractivity (Wildman–Crippen MR) is 103 cm³/mol. The van der Waals surface area contributed by atoms with Crippen LogP contribution in [0.3, 0.4) is 0 Å². The highest BCUT2D eigenvalue weighted by Crippen LogP contribution is 2.23. The summed E-state index contributed by atoms with van der Waals surface area (Å²) in [6.07, 6.45) is 2.75. The molecule has 1 aromatic carbocycles. The zero-order chi connectivity index (χ0) is 18.5. The number of carbonyl (C=O) groups excluding carboxylic acids is 1. The molecule has 1 aliphatic rings. The van der Waals surface area contributed by atoms with Crippen molar-refractivity contribution in [1.29, 1.82) is 5.26 Å². The molecule has 0 aliphatic carbocycles. The first kappa shape index (κ1) is 18.1. The molecule has 0 saturated carbocycles. The average Bonchev–Trinajstić information content (AvgIpc) is 3.15. The van der Waals surface area contributed by atoms with Crippen molar-refractivity contribution in [3.63, 3.8) is 0 Å². The smallest absolute Gasteiger partial charge is 0.261 e. The molecule has 1 aliphatic heterocycles. The molecular weight excluding hydrogens is 348 g/mol. The van der Waals surface area contributed by atoms with Crippen LogP contribution in [0.5, 0.6) is 0 Å². The minimum Gasteiger partial charge on any atom is -0.371 e. The largest absolute Gasteiger partial charge is 0.371 e. The van der Waals surface area contributed by atoms with Gasteiger partial charge < -0.3 is 15.2 Å². The number of nitriles is 1. The fourth-order valence-electron chi connectivity index (χ4n) is 3.13. The number of nitrogens with zero attached hydrogens (tertiary/aromatic N) is 2. The third kappa shape index (κ3) is 3.92. The summed E-state index contributed by atoms with van der Waals surface area (Å²) in [7, 11) is 0. The van der Waals surface area contributed by atoms with Gasteiger partial charge in [0.15, 0.2) is 0 Å². The lowest BCUT2D eigenvalue weighted by Crippen LogP contribution is -2.34. The van der Waals surface area contributed by atoms with Crippen LogP contribution in [0.15, 0.2) is 46.2 Å². The fourth-order valence-corrected chi connectivity index (χ4v) is 3.65. The van der Waals surface area contributed by atoms with Crippen molar-refractivity contribution >= 4 is 23.4 Å². The molecule has 7 heteroatoms. The molecule has 1 amide bonds. The number of amides is 1. The number of hydrogen-bond donors (Lipinski definition) is 2. The van der Waals surface area contributed by atoms with E-state index in [9.17, 15) is 9.59 Å². The normalized spacial score (nSPS) is 16.3. The van der Waals surface area contributed by atoms with E-state index >= 15 is 0 Å². The highest BCUT2D eigenvalue weighted by Gasteiger charge is 2.23. The second kappa shape index (κ2) is 8.11. The number of nitrogens with one attached hydrogen (secondary N) is 2. The van der Waals surface area contributed by atoms with E-state index in [2.05, 4.69) is 27.3 Å². The van der Waals surface area contributed by atoms with Crippen molar-refractivity contribution in [2.24, 2.45) is 5.92 Å². The number of anilines is 1. The topological polar surface area (TPSA) is 89.0 Å². The first-order valence-electron chi connectivity index (χ1n) is 8.42. The number of H-pyrrole nitrogens is 1. The first-order chi connectivity index (χ1) is 12.6. The van der Waals surface area contributed by atoms with E-state index in [0.717, 1.165) is 19.5 Å². The van der Waals surface area contributed by atoms with E-state index in [1.54, 1.807) is 6.26 Å². The molecule has 3 rings (SSSR count). The van der Waals surface area contributed by atoms with Crippen LogP contribution in [0, 0.1) is 17.2 Å². The molecule has 0 spiro atoms. The van der Waals surface area contributed by atoms with Gasteiger partial charge in [-0.25, -0.2) is 0 Å². The Labute approximate surface area is 156 Å². The highest BCUT2D eigenvalue weighted by atomic mass is 32.2. The summed E-state index contributed by atoms with van der Waals surface area (Å²) in [6, 6.07) is 13.6. The Balaban J connectivity index is 1.62. The van der Waals surface area contributed by atoms with Gasteiger partial charge in [-0.3, -0.25) is 9.59 Å². The summed E-state index contributed by atoms with van der Waals surface area (Å²) in [5, 5.41) is 12.5. The van der Waals surface area contributed by atoms with Crippen LogP contribution in [0.25, 0.3) is 0 Å². The number of carbonyl (C=O) groups is 1. The molecule has 0 unspecified atom stereocenters. The lowest BCUT2D eigenvalue weighted by atomic mass is 10.1. The van der Waals surface area contributed by atoms with Crippen LogP contribution in [-0.4, -0.2) is 36.8 Å².